The molecule has 0 bridgehead atoms. The molecule has 1 atom stereocenters. The van der Waals surface area contributed by atoms with Gasteiger partial charge in [0.2, 0.25) is 0 Å². The van der Waals surface area contributed by atoms with Crippen LogP contribution in [0.1, 0.15) is 74.2 Å². The Morgan fingerprint density at radius 2 is 1.74 bits per heavy atom. The minimum absolute atomic E-state index is 0.0435. The van der Waals surface area contributed by atoms with Gasteiger partial charge in [-0.15, -0.1) is 11.8 Å². The first-order chi connectivity index (χ1) is 16.3. The van der Waals surface area contributed by atoms with E-state index < -0.39 is 17.7 Å². The molecule has 35 heavy (non-hydrogen) atoms. The number of nitrogens with zero attached hydrogens (tertiary/aromatic N) is 2. The molecule has 0 radical (unpaired) electrons. The van der Waals surface area contributed by atoms with Crippen molar-refractivity contribution in [3.05, 3.63) is 76.6 Å². The Bertz CT molecular complexity index is 1180. The number of hydrogen-bond acceptors (Lipinski definition) is 3. The summed E-state index contributed by atoms with van der Waals surface area (Å²) in [4.78, 5) is 12.0. The van der Waals surface area contributed by atoms with Crippen LogP contribution in [0.25, 0.3) is 5.69 Å². The highest BCUT2D eigenvalue weighted by Gasteiger charge is 2.30. The Morgan fingerprint density at radius 3 is 2.29 bits per heavy atom. The molecule has 0 saturated heterocycles. The molecule has 3 rings (SSSR count). The third-order valence-corrected chi connectivity index (χ3v) is 6.96. The number of aryl methyl sites for hydroxylation is 2. The van der Waals surface area contributed by atoms with Gasteiger partial charge in [-0.25, -0.2) is 4.68 Å². The maximum absolute atomic E-state index is 13.0. The zero-order chi connectivity index (χ0) is 26.0. The van der Waals surface area contributed by atoms with Gasteiger partial charge in [0.1, 0.15) is 0 Å². The summed E-state index contributed by atoms with van der Waals surface area (Å²) in [6.07, 6.45) is -1.04. The summed E-state index contributed by atoms with van der Waals surface area (Å²) in [6, 6.07) is 11.2. The van der Waals surface area contributed by atoms with Crippen LogP contribution in [0.15, 0.2) is 53.6 Å². The van der Waals surface area contributed by atoms with Gasteiger partial charge in [-0.2, -0.15) is 18.3 Å². The average Bonchev–Trinajstić information content (AvgIpc) is 3.24. The van der Waals surface area contributed by atoms with E-state index >= 15 is 0 Å². The normalized spacial score (nSPS) is 13.1. The quantitative estimate of drug-likeness (QED) is 0.321. The smallest absolute Gasteiger partial charge is 0.416 e. The van der Waals surface area contributed by atoms with Crippen molar-refractivity contribution in [1.29, 1.82) is 0 Å². The van der Waals surface area contributed by atoms with Crippen LogP contribution in [0, 0.1) is 0 Å². The highest BCUT2D eigenvalue weighted by atomic mass is 32.2. The van der Waals surface area contributed by atoms with Gasteiger partial charge in [0.05, 0.1) is 16.9 Å². The topological polar surface area (TPSA) is 55.1 Å². The summed E-state index contributed by atoms with van der Waals surface area (Å²) in [5, 5.41) is 13.8. The van der Waals surface area contributed by atoms with Crippen molar-refractivity contribution in [2.24, 2.45) is 0 Å². The first-order valence-corrected chi connectivity index (χ1v) is 12.5. The van der Waals surface area contributed by atoms with Crippen LogP contribution in [-0.4, -0.2) is 20.9 Å². The predicted octanol–water partition coefficient (Wildman–Crippen LogP) is 7.62. The van der Waals surface area contributed by atoms with Gasteiger partial charge < -0.3 is 5.11 Å². The zero-order valence-corrected chi connectivity index (χ0v) is 21.4. The van der Waals surface area contributed by atoms with Gasteiger partial charge in [0.15, 0.2) is 0 Å². The molecule has 1 aromatic heterocycles. The molecule has 4 nitrogen and oxygen atoms in total. The summed E-state index contributed by atoms with van der Waals surface area (Å²) in [6.45, 7) is 10.4. The Hall–Kier alpha value is -2.74. The number of carboxylic acid groups (broad SMARTS) is 1. The van der Waals surface area contributed by atoms with Gasteiger partial charge in [-0.3, -0.25) is 4.79 Å². The Labute approximate surface area is 208 Å². The van der Waals surface area contributed by atoms with Gasteiger partial charge in [0.25, 0.3) is 0 Å². The number of halogens is 3. The van der Waals surface area contributed by atoms with Crippen LogP contribution in [0.4, 0.5) is 13.2 Å². The fraction of sp³-hybridized carbons (Fsp3) is 0.407. The fourth-order valence-corrected chi connectivity index (χ4v) is 5.03. The first-order valence-electron chi connectivity index (χ1n) is 11.6. The molecule has 0 fully saturated rings. The van der Waals surface area contributed by atoms with Crippen LogP contribution >= 0.6 is 11.8 Å². The van der Waals surface area contributed by atoms with Crippen molar-refractivity contribution in [3.63, 3.8) is 0 Å². The number of carboxylic acids is 1. The van der Waals surface area contributed by atoms with Crippen molar-refractivity contribution < 1.29 is 23.1 Å². The SMILES string of the molecule is CCc1cc(SC(C)c2cn(-c3ccc(C(F)(F)F)cc3)nc2C(C)(C)C)ccc1CCC(=O)O. The molecule has 0 aliphatic rings. The minimum Gasteiger partial charge on any atom is -0.481 e. The minimum atomic E-state index is -4.38. The molecule has 0 amide bonds. The number of aromatic nitrogens is 2. The van der Waals surface area contributed by atoms with Crippen molar-refractivity contribution in [2.75, 3.05) is 0 Å². The molecule has 3 aromatic rings. The summed E-state index contributed by atoms with van der Waals surface area (Å²) in [7, 11) is 0. The maximum Gasteiger partial charge on any atom is 0.416 e. The number of carbonyl (C=O) groups is 1. The number of hydrogen-bond donors (Lipinski definition) is 1. The van der Waals surface area contributed by atoms with Crippen LogP contribution in [0.3, 0.4) is 0 Å². The van der Waals surface area contributed by atoms with Crippen LogP contribution in [0.2, 0.25) is 0 Å². The number of rotatable bonds is 8. The van der Waals surface area contributed by atoms with Crippen molar-refractivity contribution in [3.8, 4) is 5.69 Å². The molecule has 1 unspecified atom stereocenters. The second kappa shape index (κ2) is 10.5. The lowest BCUT2D eigenvalue weighted by molar-refractivity contribution is -0.138. The lowest BCUT2D eigenvalue weighted by Crippen LogP contribution is -2.15. The van der Waals surface area contributed by atoms with Gasteiger partial charge in [-0.05, 0) is 67.3 Å². The van der Waals surface area contributed by atoms with E-state index in [0.29, 0.717) is 12.1 Å². The molecule has 188 valence electrons. The fourth-order valence-electron chi connectivity index (χ4n) is 3.96. The Balaban J connectivity index is 1.90. The largest absolute Gasteiger partial charge is 0.481 e. The van der Waals surface area contributed by atoms with E-state index in [1.807, 2.05) is 18.3 Å². The number of benzene rings is 2. The molecular weight excluding hydrogens is 473 g/mol. The van der Waals surface area contributed by atoms with Gasteiger partial charge in [0, 0.05) is 33.7 Å². The van der Waals surface area contributed by atoms with Crippen molar-refractivity contribution >= 4 is 17.7 Å². The second-order valence-electron chi connectivity index (χ2n) is 9.61. The van der Waals surface area contributed by atoms with E-state index in [0.717, 1.165) is 45.8 Å². The zero-order valence-electron chi connectivity index (χ0n) is 20.6. The van der Waals surface area contributed by atoms with Crippen molar-refractivity contribution in [1.82, 2.24) is 9.78 Å². The lowest BCUT2D eigenvalue weighted by Gasteiger charge is -2.20. The van der Waals surface area contributed by atoms with Gasteiger partial charge >= 0.3 is 12.1 Å². The Kier molecular flexibility index (Phi) is 8.04. The average molecular weight is 505 g/mol. The third kappa shape index (κ3) is 6.69. The number of thioether (sulfide) groups is 1. The monoisotopic (exact) mass is 504 g/mol. The van der Waals surface area contributed by atoms with E-state index in [1.165, 1.54) is 12.1 Å². The van der Waals surface area contributed by atoms with Crippen LogP contribution < -0.4 is 0 Å². The standard InChI is InChI=1S/C27H31F3N2O2S/c1-6-18-15-22(13-7-19(18)8-14-24(33)34)35-17(2)23-16-32(31-25(23)26(3,4)5)21-11-9-20(10-12-21)27(28,29)30/h7,9-13,15-17H,6,8,14H2,1-5H3,(H,33,34). The van der Waals surface area contributed by atoms with E-state index in [9.17, 15) is 18.0 Å². The summed E-state index contributed by atoms with van der Waals surface area (Å²) in [5.74, 6) is -0.807. The number of aliphatic carboxylic acids is 1. The lowest BCUT2D eigenvalue weighted by atomic mass is 9.89. The molecule has 8 heteroatoms. The molecule has 0 saturated carbocycles. The van der Waals surface area contributed by atoms with Crippen LogP contribution in [0.5, 0.6) is 0 Å². The highest BCUT2D eigenvalue weighted by molar-refractivity contribution is 7.99. The summed E-state index contributed by atoms with van der Waals surface area (Å²) in [5.41, 5.74) is 3.74. The molecular formula is C27H31F3N2O2S. The van der Waals surface area contributed by atoms with E-state index in [2.05, 4.69) is 40.7 Å². The molecule has 0 aliphatic carbocycles. The summed E-state index contributed by atoms with van der Waals surface area (Å²) >= 11 is 1.69. The predicted molar refractivity (Wildman–Crippen MR) is 133 cm³/mol. The molecule has 0 spiro atoms. The maximum atomic E-state index is 13.0. The molecule has 1 heterocycles. The van der Waals surface area contributed by atoms with E-state index in [1.54, 1.807) is 16.4 Å². The molecule has 1 N–H and O–H groups in total. The van der Waals surface area contributed by atoms with Crippen molar-refractivity contribution in [2.45, 2.75) is 75.6 Å². The first kappa shape index (κ1) is 26.9. The second-order valence-corrected chi connectivity index (χ2v) is 11.0. The van der Waals surface area contributed by atoms with Gasteiger partial charge in [-0.1, -0.05) is 33.8 Å². The Morgan fingerprint density at radius 1 is 1.09 bits per heavy atom. The molecule has 2 aromatic carbocycles. The van der Waals surface area contributed by atoms with Crippen LogP contribution in [-0.2, 0) is 29.2 Å². The van der Waals surface area contributed by atoms with E-state index in [-0.39, 0.29) is 17.1 Å². The third-order valence-electron chi connectivity index (χ3n) is 5.83. The summed E-state index contributed by atoms with van der Waals surface area (Å²) < 4.78 is 40.5. The number of alkyl halides is 3. The highest BCUT2D eigenvalue weighted by Crippen LogP contribution is 2.40. The van der Waals surface area contributed by atoms with E-state index in [4.69, 9.17) is 10.2 Å². The molecule has 0 aliphatic heterocycles.